The van der Waals surface area contributed by atoms with E-state index in [1.54, 1.807) is 6.92 Å². The molecule has 3 heteroatoms. The fourth-order valence-corrected chi connectivity index (χ4v) is 2.09. The molecule has 2 aromatic carbocycles. The van der Waals surface area contributed by atoms with E-state index >= 15 is 0 Å². The van der Waals surface area contributed by atoms with Crippen LogP contribution in [0.1, 0.15) is 24.9 Å². The Balaban J connectivity index is 2.55. The number of Topliss-reactive ketones (excluding diaryl/α,β-unsaturated/α-hetero) is 1. The van der Waals surface area contributed by atoms with Crippen LogP contribution in [0.4, 0.5) is 5.69 Å². The Labute approximate surface area is 100 Å². The Morgan fingerprint density at radius 3 is 2.47 bits per heavy atom. The number of nitrogens with two attached hydrogens (primary N) is 2. The lowest BCUT2D eigenvalue weighted by atomic mass is 9.95. The van der Waals surface area contributed by atoms with Crippen molar-refractivity contribution in [2.45, 2.75) is 19.4 Å². The Morgan fingerprint density at radius 1 is 1.18 bits per heavy atom. The second-order valence-corrected chi connectivity index (χ2v) is 4.30. The molecule has 2 rings (SSSR count). The highest BCUT2D eigenvalue weighted by Crippen LogP contribution is 2.28. The predicted octanol–water partition coefficient (Wildman–Crippen LogP) is 2.40. The minimum absolute atomic E-state index is 0.0957. The minimum Gasteiger partial charge on any atom is -0.398 e. The van der Waals surface area contributed by atoms with E-state index in [-0.39, 0.29) is 11.8 Å². The van der Waals surface area contributed by atoms with Crippen molar-refractivity contribution >= 4 is 22.2 Å². The van der Waals surface area contributed by atoms with E-state index in [0.717, 1.165) is 22.0 Å². The molecule has 3 nitrogen and oxygen atoms in total. The molecule has 0 aliphatic carbocycles. The van der Waals surface area contributed by atoms with E-state index in [2.05, 4.69) is 0 Å². The third-order valence-corrected chi connectivity index (χ3v) is 2.90. The van der Waals surface area contributed by atoms with Gasteiger partial charge in [0.1, 0.15) is 5.78 Å². The lowest BCUT2D eigenvalue weighted by Gasteiger charge is -2.14. The van der Waals surface area contributed by atoms with Crippen LogP contribution in [0, 0.1) is 0 Å². The van der Waals surface area contributed by atoms with Gasteiger partial charge in [-0.1, -0.05) is 30.3 Å². The molecular formula is C14H16N2O. The molecule has 0 heterocycles. The quantitative estimate of drug-likeness (QED) is 0.792. The first-order chi connectivity index (χ1) is 8.09. The van der Waals surface area contributed by atoms with Crippen molar-refractivity contribution in [3.63, 3.8) is 0 Å². The van der Waals surface area contributed by atoms with Gasteiger partial charge in [0, 0.05) is 23.5 Å². The summed E-state index contributed by atoms with van der Waals surface area (Å²) in [6.45, 7) is 1.55. The van der Waals surface area contributed by atoms with Crippen molar-refractivity contribution in [1.29, 1.82) is 0 Å². The van der Waals surface area contributed by atoms with Gasteiger partial charge in [-0.3, -0.25) is 4.79 Å². The molecule has 0 amide bonds. The van der Waals surface area contributed by atoms with Gasteiger partial charge in [0.2, 0.25) is 0 Å². The number of nitrogen functional groups attached to an aromatic ring is 1. The molecule has 88 valence electrons. The van der Waals surface area contributed by atoms with E-state index < -0.39 is 0 Å². The maximum Gasteiger partial charge on any atom is 0.131 e. The summed E-state index contributed by atoms with van der Waals surface area (Å²) in [4.78, 5) is 11.1. The molecule has 0 saturated heterocycles. The van der Waals surface area contributed by atoms with Gasteiger partial charge in [-0.25, -0.2) is 0 Å². The molecule has 0 radical (unpaired) electrons. The largest absolute Gasteiger partial charge is 0.398 e. The number of ketones is 1. The fourth-order valence-electron chi connectivity index (χ4n) is 2.09. The van der Waals surface area contributed by atoms with Gasteiger partial charge >= 0.3 is 0 Å². The molecule has 2 aromatic rings. The smallest absolute Gasteiger partial charge is 0.131 e. The Kier molecular flexibility index (Phi) is 3.11. The number of benzene rings is 2. The highest BCUT2D eigenvalue weighted by Gasteiger charge is 2.12. The summed E-state index contributed by atoms with van der Waals surface area (Å²) >= 11 is 0. The van der Waals surface area contributed by atoms with Crippen LogP contribution < -0.4 is 11.5 Å². The molecule has 17 heavy (non-hydrogen) atoms. The van der Waals surface area contributed by atoms with Crippen LogP contribution in [0.15, 0.2) is 36.4 Å². The van der Waals surface area contributed by atoms with Crippen molar-refractivity contribution in [1.82, 2.24) is 0 Å². The molecule has 4 N–H and O–H groups in total. The minimum atomic E-state index is -0.266. The summed E-state index contributed by atoms with van der Waals surface area (Å²) < 4.78 is 0. The van der Waals surface area contributed by atoms with Gasteiger partial charge in [0.25, 0.3) is 0 Å². The molecule has 0 aliphatic heterocycles. The van der Waals surface area contributed by atoms with E-state index in [9.17, 15) is 4.79 Å². The Morgan fingerprint density at radius 2 is 1.82 bits per heavy atom. The molecule has 0 unspecified atom stereocenters. The summed E-state index contributed by atoms with van der Waals surface area (Å²) in [5.74, 6) is 0.0957. The van der Waals surface area contributed by atoms with Crippen molar-refractivity contribution in [3.05, 3.63) is 42.0 Å². The number of anilines is 1. The second-order valence-electron chi connectivity index (χ2n) is 4.30. The van der Waals surface area contributed by atoms with Crippen LogP contribution in [0.5, 0.6) is 0 Å². The van der Waals surface area contributed by atoms with Crippen LogP contribution in [0.2, 0.25) is 0 Å². The lowest BCUT2D eigenvalue weighted by Crippen LogP contribution is -2.14. The summed E-state index contributed by atoms with van der Waals surface area (Å²) in [5, 5.41) is 2.02. The van der Waals surface area contributed by atoms with Crippen molar-refractivity contribution in [2.75, 3.05) is 5.73 Å². The molecular weight excluding hydrogens is 212 g/mol. The van der Waals surface area contributed by atoms with Gasteiger partial charge in [-0.05, 0) is 23.9 Å². The third-order valence-electron chi connectivity index (χ3n) is 2.90. The normalized spacial score (nSPS) is 12.6. The monoisotopic (exact) mass is 228 g/mol. The van der Waals surface area contributed by atoms with E-state index in [4.69, 9.17) is 11.5 Å². The number of rotatable bonds is 3. The van der Waals surface area contributed by atoms with Gasteiger partial charge in [0.05, 0.1) is 0 Å². The average Bonchev–Trinajstić information content (AvgIpc) is 2.29. The predicted molar refractivity (Wildman–Crippen MR) is 70.6 cm³/mol. The van der Waals surface area contributed by atoms with Crippen molar-refractivity contribution < 1.29 is 4.79 Å². The van der Waals surface area contributed by atoms with Crippen LogP contribution in [-0.2, 0) is 4.79 Å². The van der Waals surface area contributed by atoms with Crippen LogP contribution in [0.25, 0.3) is 10.8 Å². The highest BCUT2D eigenvalue weighted by molar-refractivity contribution is 5.95. The van der Waals surface area contributed by atoms with Gasteiger partial charge < -0.3 is 11.5 Å². The first kappa shape index (κ1) is 11.6. The zero-order chi connectivity index (χ0) is 12.4. The molecule has 1 atom stereocenters. The fraction of sp³-hybridized carbons (Fsp3) is 0.214. The number of hydrogen-bond acceptors (Lipinski definition) is 3. The SMILES string of the molecule is CC(=O)C[C@H](N)c1ccc(N)c2ccccc12. The molecule has 0 saturated carbocycles. The van der Waals surface area contributed by atoms with Crippen LogP contribution >= 0.6 is 0 Å². The summed E-state index contributed by atoms with van der Waals surface area (Å²) in [7, 11) is 0. The van der Waals surface area contributed by atoms with Crippen LogP contribution in [-0.4, -0.2) is 5.78 Å². The standard InChI is InChI=1S/C14H16N2O/c1-9(17)8-14(16)12-6-7-13(15)11-5-3-2-4-10(11)12/h2-7,14H,8,15-16H2,1H3/t14-/m0/s1. The first-order valence-corrected chi connectivity index (χ1v) is 5.61. The second kappa shape index (κ2) is 4.55. The highest BCUT2D eigenvalue weighted by atomic mass is 16.1. The summed E-state index contributed by atoms with van der Waals surface area (Å²) in [5.41, 5.74) is 13.7. The average molecular weight is 228 g/mol. The van der Waals surface area contributed by atoms with Crippen molar-refractivity contribution in [2.24, 2.45) is 5.73 Å². The zero-order valence-corrected chi connectivity index (χ0v) is 9.81. The topological polar surface area (TPSA) is 69.1 Å². The Hall–Kier alpha value is -1.87. The number of hydrogen-bond donors (Lipinski definition) is 2. The van der Waals surface area contributed by atoms with E-state index in [1.807, 2.05) is 36.4 Å². The number of fused-ring (bicyclic) bond motifs is 1. The maximum absolute atomic E-state index is 11.1. The molecule has 0 spiro atoms. The summed E-state index contributed by atoms with van der Waals surface area (Å²) in [6, 6.07) is 11.3. The lowest BCUT2D eigenvalue weighted by molar-refractivity contribution is -0.117. The van der Waals surface area contributed by atoms with Gasteiger partial charge in [-0.2, -0.15) is 0 Å². The number of carbonyl (C=O) groups excluding carboxylic acids is 1. The first-order valence-electron chi connectivity index (χ1n) is 5.61. The molecule has 0 bridgehead atoms. The van der Waals surface area contributed by atoms with Crippen LogP contribution in [0.3, 0.4) is 0 Å². The van der Waals surface area contributed by atoms with E-state index in [0.29, 0.717) is 6.42 Å². The third kappa shape index (κ3) is 2.29. The van der Waals surface area contributed by atoms with Gasteiger partial charge in [0.15, 0.2) is 0 Å². The molecule has 0 aliphatic rings. The molecule has 0 aromatic heterocycles. The molecule has 0 fully saturated rings. The summed E-state index contributed by atoms with van der Waals surface area (Å²) in [6.07, 6.45) is 0.355. The maximum atomic E-state index is 11.1. The number of carbonyl (C=O) groups is 1. The zero-order valence-electron chi connectivity index (χ0n) is 9.81. The Bertz CT molecular complexity index is 563. The van der Waals surface area contributed by atoms with Crippen molar-refractivity contribution in [3.8, 4) is 0 Å². The van der Waals surface area contributed by atoms with Gasteiger partial charge in [-0.15, -0.1) is 0 Å². The van der Waals surface area contributed by atoms with E-state index in [1.165, 1.54) is 0 Å².